The number of hydrogen-bond donors (Lipinski definition) is 9. The van der Waals surface area contributed by atoms with Crippen LogP contribution in [0.15, 0.2) is 0 Å². The highest BCUT2D eigenvalue weighted by molar-refractivity contribution is 6.06. The van der Waals surface area contributed by atoms with Crippen LogP contribution in [-0.2, 0) is 43.0 Å². The van der Waals surface area contributed by atoms with Gasteiger partial charge >= 0.3 is 0 Å². The summed E-state index contributed by atoms with van der Waals surface area (Å²) in [5.41, 5.74) is -25.3. The summed E-state index contributed by atoms with van der Waals surface area (Å²) in [5.74, 6) is -12.0. The van der Waals surface area contributed by atoms with Crippen molar-refractivity contribution in [1.29, 1.82) is 0 Å². The van der Waals surface area contributed by atoms with Gasteiger partial charge in [-0.3, -0.25) is 33.6 Å². The fourth-order valence-corrected chi connectivity index (χ4v) is 6.28. The molecule has 18 nitrogen and oxygen atoms in total. The average Bonchev–Trinajstić information content (AvgIpc) is 2.90. The molecule has 0 bridgehead atoms. The summed E-state index contributed by atoms with van der Waals surface area (Å²) >= 11 is 0. The normalized spacial score (nSPS) is 43.8. The third kappa shape index (κ3) is 4.18. The summed E-state index contributed by atoms with van der Waals surface area (Å²) in [4.78, 5) is 89.9. The van der Waals surface area contributed by atoms with Gasteiger partial charge in [-0.25, -0.2) is 0 Å². The van der Waals surface area contributed by atoms with E-state index in [2.05, 4.69) is 0 Å². The molecule has 2 rings (SSSR count). The minimum atomic E-state index is -4.36. The highest BCUT2D eigenvalue weighted by atomic mass is 16.7. The molecular formula is C26H36O18. The van der Waals surface area contributed by atoms with Crippen LogP contribution < -0.4 is 0 Å². The quantitative estimate of drug-likeness (QED) is 0.108. The molecule has 0 amide bonds. The van der Waals surface area contributed by atoms with Gasteiger partial charge < -0.3 is 55.4 Å². The molecule has 248 valence electrons. The minimum absolute atomic E-state index is 0.370. The van der Waals surface area contributed by atoms with Crippen LogP contribution in [0.4, 0.5) is 0 Å². The molecule has 0 aromatic heterocycles. The Morgan fingerprint density at radius 3 is 1.20 bits per heavy atom. The van der Waals surface area contributed by atoms with E-state index >= 15 is 0 Å². The van der Waals surface area contributed by atoms with Crippen molar-refractivity contribution in [3.05, 3.63) is 0 Å². The number of Topliss-reactive ketones (excluding diaryl/α,β-unsaturated/α-hetero) is 7. The number of carbonyl (C=O) groups excluding carboxylic acids is 7. The van der Waals surface area contributed by atoms with Gasteiger partial charge in [-0.15, -0.1) is 0 Å². The van der Waals surface area contributed by atoms with Gasteiger partial charge in [-0.05, 0) is 48.5 Å². The van der Waals surface area contributed by atoms with Gasteiger partial charge in [0.1, 0.15) is 30.5 Å². The van der Waals surface area contributed by atoms with E-state index in [1.165, 1.54) is 0 Å². The van der Waals surface area contributed by atoms with E-state index in [-0.39, 0.29) is 0 Å². The number of aliphatic hydroxyl groups is 9. The van der Waals surface area contributed by atoms with E-state index in [1.54, 1.807) is 0 Å². The minimum Gasteiger partial charge on any atom is -0.382 e. The molecule has 18 heteroatoms. The topological polar surface area (TPSA) is 320 Å². The number of ether oxygens (including phenoxy) is 2. The molecule has 0 radical (unpaired) electrons. The highest BCUT2D eigenvalue weighted by Crippen LogP contribution is 2.57. The van der Waals surface area contributed by atoms with Crippen molar-refractivity contribution in [3.63, 3.8) is 0 Å². The van der Waals surface area contributed by atoms with Crippen molar-refractivity contribution in [3.8, 4) is 0 Å². The van der Waals surface area contributed by atoms with Gasteiger partial charge in [0.05, 0.1) is 0 Å². The summed E-state index contributed by atoms with van der Waals surface area (Å²) in [5, 5.41) is 103. The van der Waals surface area contributed by atoms with Crippen molar-refractivity contribution in [2.24, 2.45) is 0 Å². The summed E-state index contributed by atoms with van der Waals surface area (Å²) in [6, 6.07) is 0. The number of rotatable bonds is 10. The van der Waals surface area contributed by atoms with E-state index in [0.29, 0.717) is 48.5 Å². The first-order valence-electron chi connectivity index (χ1n) is 12.9. The van der Waals surface area contributed by atoms with Gasteiger partial charge in [0.15, 0.2) is 74.8 Å². The molecule has 0 aromatic rings. The second-order valence-corrected chi connectivity index (χ2v) is 11.3. The van der Waals surface area contributed by atoms with Crippen LogP contribution in [0.5, 0.6) is 0 Å². The summed E-state index contributed by atoms with van der Waals surface area (Å²) in [6.07, 6.45) is -18.3. The summed E-state index contributed by atoms with van der Waals surface area (Å²) in [6.45, 7) is 3.31. The average molecular weight is 637 g/mol. The Hall–Kier alpha value is -2.75. The van der Waals surface area contributed by atoms with Crippen molar-refractivity contribution in [2.75, 3.05) is 0 Å². The van der Waals surface area contributed by atoms with Crippen molar-refractivity contribution in [2.45, 2.75) is 119 Å². The van der Waals surface area contributed by atoms with Crippen LogP contribution in [0.3, 0.4) is 0 Å². The third-order valence-corrected chi connectivity index (χ3v) is 8.81. The Morgan fingerprint density at radius 2 is 0.886 bits per heavy atom. The van der Waals surface area contributed by atoms with Crippen molar-refractivity contribution >= 4 is 40.5 Å². The summed E-state index contributed by atoms with van der Waals surface area (Å²) < 4.78 is 10.3. The van der Waals surface area contributed by atoms with E-state index < -0.39 is 111 Å². The smallest absolute Gasteiger partial charge is 0.212 e. The highest BCUT2D eigenvalue weighted by Gasteiger charge is 2.88. The zero-order chi connectivity index (χ0) is 34.9. The van der Waals surface area contributed by atoms with E-state index in [1.807, 2.05) is 0 Å². The molecule has 6 unspecified atom stereocenters. The molecule has 9 N–H and O–H groups in total. The lowest BCUT2D eigenvalue weighted by atomic mass is 9.51. The maximum absolute atomic E-state index is 13.3. The molecule has 2 aliphatic heterocycles. The standard InChI is InChI=1S/C26H36O18/c1-8(27)15(34)17-21(37,10(3)29)25(41,13(6)32)22(38,11(4)30)19(43-17)24(40)18(16(35)9(2)28)44-20(36)23(39,12(5)31)26(24,42)14(7)33/h15-20,34-42H,1-7H3/t15?,16?,17-,18+,19+,20?,21-,22+,23?,24?,25+,26?/m1/s1. The Kier molecular flexibility index (Phi) is 9.57. The number of aliphatic hydroxyl groups excluding tert-OH is 3. The first-order valence-corrected chi connectivity index (χ1v) is 12.9. The lowest BCUT2D eigenvalue weighted by molar-refractivity contribution is -0.423. The fraction of sp³-hybridized carbons (Fsp3) is 0.731. The maximum atomic E-state index is 13.3. The molecule has 2 heterocycles. The lowest BCUT2D eigenvalue weighted by Gasteiger charge is -2.66. The Bertz CT molecular complexity index is 1310. The molecule has 12 atom stereocenters. The van der Waals surface area contributed by atoms with E-state index in [4.69, 9.17) is 9.47 Å². The van der Waals surface area contributed by atoms with Crippen LogP contribution in [0, 0.1) is 0 Å². The molecule has 0 aliphatic carbocycles. The van der Waals surface area contributed by atoms with E-state index in [9.17, 15) is 79.5 Å². The van der Waals surface area contributed by atoms with Gasteiger partial charge in [0.25, 0.3) is 0 Å². The number of ketones is 7. The fourth-order valence-electron chi connectivity index (χ4n) is 6.28. The third-order valence-electron chi connectivity index (χ3n) is 8.81. The second-order valence-electron chi connectivity index (χ2n) is 11.3. The van der Waals surface area contributed by atoms with Crippen molar-refractivity contribution in [1.82, 2.24) is 0 Å². The first kappa shape index (κ1) is 37.4. The van der Waals surface area contributed by atoms with Crippen LogP contribution in [-0.4, -0.2) is 157 Å². The largest absolute Gasteiger partial charge is 0.382 e. The Morgan fingerprint density at radius 1 is 0.523 bits per heavy atom. The van der Waals surface area contributed by atoms with Gasteiger partial charge in [-0.1, -0.05) is 0 Å². The lowest BCUT2D eigenvalue weighted by Crippen LogP contribution is -2.95. The van der Waals surface area contributed by atoms with Crippen LogP contribution in [0.2, 0.25) is 0 Å². The molecule has 2 fully saturated rings. The monoisotopic (exact) mass is 636 g/mol. The maximum Gasteiger partial charge on any atom is 0.212 e. The number of hydrogen-bond acceptors (Lipinski definition) is 18. The SMILES string of the molecule is CC(=O)C(O)[C@H]1O[C@H](C2(O)[C@H](C(O)C(C)=O)OC(O)C(O)(C(C)=O)C2(O)C(C)=O)[C@@](O)(C(C)=O)[C@](O)(C(C)=O)[C@@]1(O)C(C)=O. The molecule has 0 spiro atoms. The van der Waals surface area contributed by atoms with Crippen LogP contribution >= 0.6 is 0 Å². The molecule has 2 saturated heterocycles. The zero-order valence-electron chi connectivity index (χ0n) is 24.7. The zero-order valence-corrected chi connectivity index (χ0v) is 24.7. The predicted molar refractivity (Wildman–Crippen MR) is 136 cm³/mol. The first-order chi connectivity index (χ1) is 19.7. The summed E-state index contributed by atoms with van der Waals surface area (Å²) in [7, 11) is 0. The van der Waals surface area contributed by atoms with Crippen LogP contribution in [0.1, 0.15) is 48.5 Å². The Balaban J connectivity index is 3.39. The molecule has 2 aliphatic rings. The van der Waals surface area contributed by atoms with Gasteiger partial charge in [-0.2, -0.15) is 0 Å². The number of carbonyl (C=O) groups is 7. The Labute approximate surface area is 248 Å². The second kappa shape index (κ2) is 11.2. The molecule has 0 saturated carbocycles. The molecule has 44 heavy (non-hydrogen) atoms. The molecular weight excluding hydrogens is 600 g/mol. The van der Waals surface area contributed by atoms with Gasteiger partial charge in [0, 0.05) is 0 Å². The van der Waals surface area contributed by atoms with Crippen molar-refractivity contribution < 1.29 is 89.0 Å². The van der Waals surface area contributed by atoms with E-state index in [0.717, 1.165) is 0 Å². The molecule has 0 aromatic carbocycles. The predicted octanol–water partition coefficient (Wildman–Crippen LogP) is -6.30. The van der Waals surface area contributed by atoms with Gasteiger partial charge in [0.2, 0.25) is 5.60 Å². The van der Waals surface area contributed by atoms with Crippen LogP contribution in [0.25, 0.3) is 0 Å².